The molecule has 0 fully saturated rings. The largest absolute Gasteiger partial charge is 0.338 e. The summed E-state index contributed by atoms with van der Waals surface area (Å²) < 4.78 is 0.885. The highest BCUT2D eigenvalue weighted by Crippen LogP contribution is 2.28. The van der Waals surface area contributed by atoms with E-state index < -0.39 is 0 Å². The molecule has 0 bridgehead atoms. The lowest BCUT2D eigenvalue weighted by Crippen LogP contribution is -2.42. The molecule has 1 amide bonds. The van der Waals surface area contributed by atoms with Crippen LogP contribution in [0.2, 0.25) is 0 Å². The molecular formula is C12H18BrNOS. The second-order valence-electron chi connectivity index (χ2n) is 5.06. The van der Waals surface area contributed by atoms with Gasteiger partial charge in [-0.05, 0) is 39.7 Å². The number of carbonyl (C=O) groups excluding carboxylic acids is 1. The van der Waals surface area contributed by atoms with Gasteiger partial charge in [-0.1, -0.05) is 20.8 Å². The molecule has 0 spiro atoms. The quantitative estimate of drug-likeness (QED) is 0.808. The smallest absolute Gasteiger partial charge is 0.265 e. The second-order valence-corrected chi connectivity index (χ2v) is 6.83. The van der Waals surface area contributed by atoms with Crippen LogP contribution < -0.4 is 0 Å². The van der Waals surface area contributed by atoms with Crippen molar-refractivity contribution in [3.05, 3.63) is 20.8 Å². The zero-order chi connectivity index (χ0) is 12.5. The van der Waals surface area contributed by atoms with Crippen molar-refractivity contribution in [1.29, 1.82) is 0 Å². The maximum Gasteiger partial charge on any atom is 0.265 e. The number of thiophene rings is 1. The number of hydrogen-bond donors (Lipinski definition) is 0. The zero-order valence-electron chi connectivity index (χ0n) is 10.4. The Kier molecular flexibility index (Phi) is 4.18. The van der Waals surface area contributed by atoms with Crippen LogP contribution in [-0.2, 0) is 0 Å². The van der Waals surface area contributed by atoms with Gasteiger partial charge in [-0.25, -0.2) is 0 Å². The zero-order valence-corrected chi connectivity index (χ0v) is 12.8. The highest BCUT2D eigenvalue weighted by Gasteiger charge is 2.28. The molecule has 1 heterocycles. The molecule has 0 N–H and O–H groups in total. The molecule has 0 radical (unpaired) electrons. The van der Waals surface area contributed by atoms with Gasteiger partial charge < -0.3 is 4.90 Å². The van der Waals surface area contributed by atoms with Crippen LogP contribution in [-0.4, -0.2) is 23.9 Å². The lowest BCUT2D eigenvalue weighted by atomic mass is 9.87. The van der Waals surface area contributed by atoms with E-state index in [0.717, 1.165) is 9.35 Å². The third kappa shape index (κ3) is 2.86. The number of carbonyl (C=O) groups is 1. The van der Waals surface area contributed by atoms with Crippen molar-refractivity contribution in [3.63, 3.8) is 0 Å². The third-order valence-corrected chi connectivity index (χ3v) is 4.79. The normalized spacial score (nSPS) is 13.6. The van der Waals surface area contributed by atoms with Gasteiger partial charge in [0, 0.05) is 17.6 Å². The van der Waals surface area contributed by atoms with Gasteiger partial charge in [0.05, 0.1) is 0 Å². The van der Waals surface area contributed by atoms with E-state index in [1.54, 1.807) is 0 Å². The Bertz CT molecular complexity index is 381. The predicted molar refractivity (Wildman–Crippen MR) is 73.0 cm³/mol. The average molecular weight is 304 g/mol. The summed E-state index contributed by atoms with van der Waals surface area (Å²) in [6.45, 7) is 8.51. The van der Waals surface area contributed by atoms with E-state index in [1.165, 1.54) is 11.3 Å². The Balaban J connectivity index is 2.88. The summed E-state index contributed by atoms with van der Waals surface area (Å²) >= 11 is 4.87. The first-order valence-electron chi connectivity index (χ1n) is 5.25. The van der Waals surface area contributed by atoms with Crippen LogP contribution in [0.3, 0.4) is 0 Å². The molecule has 4 heteroatoms. The maximum absolute atomic E-state index is 12.2. The third-order valence-electron chi connectivity index (χ3n) is 2.97. The van der Waals surface area contributed by atoms with Gasteiger partial charge in [-0.15, -0.1) is 11.3 Å². The fourth-order valence-electron chi connectivity index (χ4n) is 1.36. The molecule has 1 unspecified atom stereocenters. The van der Waals surface area contributed by atoms with Crippen molar-refractivity contribution in [2.45, 2.75) is 33.7 Å². The molecule has 1 atom stereocenters. The van der Waals surface area contributed by atoms with Gasteiger partial charge in [0.2, 0.25) is 0 Å². The molecular weight excluding hydrogens is 286 g/mol. The van der Waals surface area contributed by atoms with Crippen LogP contribution in [0.4, 0.5) is 0 Å². The Morgan fingerprint density at radius 1 is 1.50 bits per heavy atom. The van der Waals surface area contributed by atoms with Crippen molar-refractivity contribution in [1.82, 2.24) is 4.90 Å². The van der Waals surface area contributed by atoms with Crippen molar-refractivity contribution in [2.75, 3.05) is 7.05 Å². The number of amides is 1. The molecule has 16 heavy (non-hydrogen) atoms. The molecule has 1 aromatic rings. The van der Waals surface area contributed by atoms with Gasteiger partial charge in [0.1, 0.15) is 4.88 Å². The van der Waals surface area contributed by atoms with E-state index in [0.29, 0.717) is 0 Å². The molecule has 1 aromatic heterocycles. The van der Waals surface area contributed by atoms with Gasteiger partial charge in [0.15, 0.2) is 0 Å². The van der Waals surface area contributed by atoms with E-state index in [9.17, 15) is 4.79 Å². The minimum atomic E-state index is 0.0873. The SMILES string of the molecule is CC(N(C)C(=O)c1sccc1Br)C(C)(C)C. The topological polar surface area (TPSA) is 20.3 Å². The lowest BCUT2D eigenvalue weighted by molar-refractivity contribution is 0.0633. The van der Waals surface area contributed by atoms with Crippen LogP contribution >= 0.6 is 27.3 Å². The first kappa shape index (κ1) is 13.7. The molecule has 0 aliphatic carbocycles. The number of halogens is 1. The molecule has 90 valence electrons. The summed E-state index contributed by atoms with van der Waals surface area (Å²) in [5.74, 6) is 0.0873. The first-order valence-corrected chi connectivity index (χ1v) is 6.92. The van der Waals surface area contributed by atoms with E-state index in [1.807, 2.05) is 23.4 Å². The Morgan fingerprint density at radius 3 is 2.44 bits per heavy atom. The molecule has 2 nitrogen and oxygen atoms in total. The predicted octanol–water partition coefficient (Wildman–Crippen LogP) is 4.02. The van der Waals surface area contributed by atoms with Crippen LogP contribution in [0.1, 0.15) is 37.4 Å². The van der Waals surface area contributed by atoms with Crippen molar-refractivity contribution in [2.24, 2.45) is 5.41 Å². The van der Waals surface area contributed by atoms with Gasteiger partial charge >= 0.3 is 0 Å². The van der Waals surface area contributed by atoms with E-state index in [2.05, 4.69) is 43.6 Å². The maximum atomic E-state index is 12.2. The monoisotopic (exact) mass is 303 g/mol. The summed E-state index contributed by atoms with van der Waals surface area (Å²) in [7, 11) is 1.87. The summed E-state index contributed by atoms with van der Waals surface area (Å²) in [4.78, 5) is 14.8. The van der Waals surface area contributed by atoms with Gasteiger partial charge in [0.25, 0.3) is 5.91 Å². The Hall–Kier alpha value is -0.350. The summed E-state index contributed by atoms with van der Waals surface area (Å²) in [5.41, 5.74) is 0.0914. The number of hydrogen-bond acceptors (Lipinski definition) is 2. The molecule has 0 aliphatic heterocycles. The fraction of sp³-hybridized carbons (Fsp3) is 0.583. The van der Waals surface area contributed by atoms with Crippen LogP contribution in [0.15, 0.2) is 15.9 Å². The Morgan fingerprint density at radius 2 is 2.06 bits per heavy atom. The second kappa shape index (κ2) is 4.88. The van der Waals surface area contributed by atoms with E-state index >= 15 is 0 Å². The number of nitrogens with zero attached hydrogens (tertiary/aromatic N) is 1. The van der Waals surface area contributed by atoms with Crippen LogP contribution in [0.5, 0.6) is 0 Å². The van der Waals surface area contributed by atoms with E-state index in [-0.39, 0.29) is 17.4 Å². The van der Waals surface area contributed by atoms with Crippen molar-refractivity contribution < 1.29 is 4.79 Å². The minimum Gasteiger partial charge on any atom is -0.338 e. The number of rotatable bonds is 2. The fourth-order valence-corrected chi connectivity index (χ4v) is 2.89. The summed E-state index contributed by atoms with van der Waals surface area (Å²) in [6.07, 6.45) is 0. The average Bonchev–Trinajstić information content (AvgIpc) is 2.59. The van der Waals surface area contributed by atoms with Crippen molar-refractivity contribution in [3.8, 4) is 0 Å². The van der Waals surface area contributed by atoms with Crippen LogP contribution in [0, 0.1) is 5.41 Å². The van der Waals surface area contributed by atoms with E-state index in [4.69, 9.17) is 0 Å². The summed E-state index contributed by atoms with van der Waals surface area (Å²) in [6, 6.07) is 2.11. The standard InChI is InChI=1S/C12H18BrNOS/c1-8(12(2,3)4)14(5)11(15)10-9(13)6-7-16-10/h6-8H,1-5H3. The minimum absolute atomic E-state index is 0.0873. The van der Waals surface area contributed by atoms with Gasteiger partial charge in [-0.3, -0.25) is 4.79 Å². The highest BCUT2D eigenvalue weighted by molar-refractivity contribution is 9.10. The molecule has 1 rings (SSSR count). The summed E-state index contributed by atoms with van der Waals surface area (Å²) in [5, 5.41) is 1.92. The molecule has 0 aromatic carbocycles. The highest BCUT2D eigenvalue weighted by atomic mass is 79.9. The lowest BCUT2D eigenvalue weighted by Gasteiger charge is -2.35. The first-order chi connectivity index (χ1) is 7.25. The van der Waals surface area contributed by atoms with Gasteiger partial charge in [-0.2, -0.15) is 0 Å². The van der Waals surface area contributed by atoms with Crippen molar-refractivity contribution >= 4 is 33.2 Å². The Labute approximate surface area is 110 Å². The molecule has 0 saturated carbocycles. The van der Waals surface area contributed by atoms with Crippen LogP contribution in [0.25, 0.3) is 0 Å². The molecule has 0 saturated heterocycles. The molecule has 0 aliphatic rings.